The third kappa shape index (κ3) is 3.57. The Hall–Kier alpha value is -0.870. The SMILES string of the molecule is CCCC1CN(Cc2cnn(CC)c2)C(C)(C)CN1. The summed E-state index contributed by atoms with van der Waals surface area (Å²) in [7, 11) is 0. The van der Waals surface area contributed by atoms with Crippen LogP contribution >= 0.6 is 0 Å². The first-order valence-corrected chi connectivity index (χ1v) is 7.55. The van der Waals surface area contributed by atoms with Gasteiger partial charge in [0.15, 0.2) is 0 Å². The van der Waals surface area contributed by atoms with Gasteiger partial charge in [0.1, 0.15) is 0 Å². The van der Waals surface area contributed by atoms with Crippen molar-refractivity contribution in [3.8, 4) is 0 Å². The molecule has 1 aliphatic rings. The number of piperazine rings is 1. The molecular weight excluding hydrogens is 236 g/mol. The summed E-state index contributed by atoms with van der Waals surface area (Å²) in [5.41, 5.74) is 1.55. The second-order valence-electron chi connectivity index (χ2n) is 6.26. The summed E-state index contributed by atoms with van der Waals surface area (Å²) in [5.74, 6) is 0. The van der Waals surface area contributed by atoms with Gasteiger partial charge in [-0.3, -0.25) is 9.58 Å². The highest BCUT2D eigenvalue weighted by molar-refractivity contribution is 5.06. The second kappa shape index (κ2) is 6.06. The summed E-state index contributed by atoms with van der Waals surface area (Å²) in [5, 5.41) is 8.06. The molecule has 1 aliphatic heterocycles. The normalized spacial score (nSPS) is 23.7. The summed E-state index contributed by atoms with van der Waals surface area (Å²) in [6, 6.07) is 0.638. The van der Waals surface area contributed by atoms with Crippen molar-refractivity contribution in [2.24, 2.45) is 0 Å². The van der Waals surface area contributed by atoms with Gasteiger partial charge in [-0.1, -0.05) is 13.3 Å². The maximum atomic E-state index is 4.38. The van der Waals surface area contributed by atoms with Gasteiger partial charge in [-0.15, -0.1) is 0 Å². The van der Waals surface area contributed by atoms with Crippen molar-refractivity contribution in [3.05, 3.63) is 18.0 Å². The molecule has 0 spiro atoms. The van der Waals surface area contributed by atoms with Crippen LogP contribution in [-0.2, 0) is 13.1 Å². The van der Waals surface area contributed by atoms with Gasteiger partial charge in [-0.05, 0) is 27.2 Å². The summed E-state index contributed by atoms with van der Waals surface area (Å²) in [6.45, 7) is 13.2. The molecule has 1 N–H and O–H groups in total. The monoisotopic (exact) mass is 264 g/mol. The van der Waals surface area contributed by atoms with E-state index in [1.807, 2.05) is 10.9 Å². The zero-order valence-electron chi connectivity index (χ0n) is 12.8. The van der Waals surface area contributed by atoms with Crippen LogP contribution < -0.4 is 5.32 Å². The molecule has 1 unspecified atom stereocenters. The fourth-order valence-electron chi connectivity index (χ4n) is 2.79. The lowest BCUT2D eigenvalue weighted by atomic mass is 9.95. The van der Waals surface area contributed by atoms with E-state index in [9.17, 15) is 0 Å². The number of hydrogen-bond donors (Lipinski definition) is 1. The van der Waals surface area contributed by atoms with E-state index in [2.05, 4.69) is 49.2 Å². The van der Waals surface area contributed by atoms with Crippen LogP contribution in [0, 0.1) is 0 Å². The van der Waals surface area contributed by atoms with E-state index >= 15 is 0 Å². The standard InChI is InChI=1S/C15H28N4/c1-5-7-14-11-18(15(3,4)12-16-14)9-13-8-17-19(6-2)10-13/h8,10,14,16H,5-7,9,11-12H2,1-4H3. The fraction of sp³-hybridized carbons (Fsp3) is 0.800. The van der Waals surface area contributed by atoms with Crippen LogP contribution in [-0.4, -0.2) is 39.4 Å². The molecule has 2 rings (SSSR count). The summed E-state index contributed by atoms with van der Waals surface area (Å²) >= 11 is 0. The van der Waals surface area contributed by atoms with Crippen LogP contribution in [0.25, 0.3) is 0 Å². The predicted molar refractivity (Wildman–Crippen MR) is 79.1 cm³/mol. The van der Waals surface area contributed by atoms with Crippen LogP contribution in [0.4, 0.5) is 0 Å². The van der Waals surface area contributed by atoms with Crippen LogP contribution in [0.15, 0.2) is 12.4 Å². The van der Waals surface area contributed by atoms with Crippen LogP contribution in [0.3, 0.4) is 0 Å². The molecule has 1 fully saturated rings. The lowest BCUT2D eigenvalue weighted by molar-refractivity contribution is 0.0563. The lowest BCUT2D eigenvalue weighted by Crippen LogP contribution is -2.61. The molecule has 0 aromatic carbocycles. The van der Waals surface area contributed by atoms with E-state index in [4.69, 9.17) is 0 Å². The highest BCUT2D eigenvalue weighted by Crippen LogP contribution is 2.22. The average molecular weight is 264 g/mol. The van der Waals surface area contributed by atoms with Crippen molar-refractivity contribution in [1.82, 2.24) is 20.0 Å². The highest BCUT2D eigenvalue weighted by atomic mass is 15.3. The van der Waals surface area contributed by atoms with Crippen molar-refractivity contribution < 1.29 is 0 Å². The topological polar surface area (TPSA) is 33.1 Å². The molecule has 1 atom stereocenters. The number of rotatable bonds is 5. The summed E-state index contributed by atoms with van der Waals surface area (Å²) in [4.78, 5) is 2.60. The average Bonchev–Trinajstić information content (AvgIpc) is 2.82. The molecule has 0 aliphatic carbocycles. The molecule has 0 saturated carbocycles. The second-order valence-corrected chi connectivity index (χ2v) is 6.26. The minimum atomic E-state index is 0.221. The third-order valence-electron chi connectivity index (χ3n) is 4.14. The molecule has 19 heavy (non-hydrogen) atoms. The zero-order valence-corrected chi connectivity index (χ0v) is 12.8. The van der Waals surface area contributed by atoms with Crippen molar-refractivity contribution in [1.29, 1.82) is 0 Å². The van der Waals surface area contributed by atoms with Crippen LogP contribution in [0.2, 0.25) is 0 Å². The fourth-order valence-corrected chi connectivity index (χ4v) is 2.79. The van der Waals surface area contributed by atoms with Gasteiger partial charge in [0.2, 0.25) is 0 Å². The summed E-state index contributed by atoms with van der Waals surface area (Å²) < 4.78 is 2.01. The minimum absolute atomic E-state index is 0.221. The van der Waals surface area contributed by atoms with E-state index in [-0.39, 0.29) is 5.54 Å². The maximum Gasteiger partial charge on any atom is 0.0534 e. The Balaban J connectivity index is 2.02. The first kappa shape index (κ1) is 14.5. The van der Waals surface area contributed by atoms with E-state index in [1.54, 1.807) is 0 Å². The number of aromatic nitrogens is 2. The lowest BCUT2D eigenvalue weighted by Gasteiger charge is -2.46. The molecule has 1 saturated heterocycles. The van der Waals surface area contributed by atoms with Gasteiger partial charge in [0.25, 0.3) is 0 Å². The molecule has 4 heteroatoms. The molecule has 0 bridgehead atoms. The first-order chi connectivity index (χ1) is 9.05. The van der Waals surface area contributed by atoms with E-state index in [0.717, 1.165) is 26.2 Å². The van der Waals surface area contributed by atoms with Gasteiger partial charge < -0.3 is 5.32 Å². The maximum absolute atomic E-state index is 4.38. The first-order valence-electron chi connectivity index (χ1n) is 7.55. The van der Waals surface area contributed by atoms with E-state index in [1.165, 1.54) is 18.4 Å². The van der Waals surface area contributed by atoms with E-state index in [0.29, 0.717) is 6.04 Å². The quantitative estimate of drug-likeness (QED) is 0.885. The number of nitrogens with one attached hydrogen (secondary N) is 1. The minimum Gasteiger partial charge on any atom is -0.311 e. The molecule has 1 aromatic heterocycles. The van der Waals surface area contributed by atoms with Crippen molar-refractivity contribution in [2.75, 3.05) is 13.1 Å². The Bertz CT molecular complexity index is 397. The molecular formula is C15H28N4. The number of aryl methyl sites for hydroxylation is 1. The van der Waals surface area contributed by atoms with Crippen molar-refractivity contribution in [2.45, 2.75) is 65.2 Å². The molecule has 4 nitrogen and oxygen atoms in total. The molecule has 0 amide bonds. The Morgan fingerprint density at radius 3 is 2.84 bits per heavy atom. The van der Waals surface area contributed by atoms with Gasteiger partial charge in [-0.25, -0.2) is 0 Å². The molecule has 0 radical (unpaired) electrons. The Morgan fingerprint density at radius 2 is 2.21 bits per heavy atom. The third-order valence-corrected chi connectivity index (χ3v) is 4.14. The molecule has 108 valence electrons. The number of hydrogen-bond acceptors (Lipinski definition) is 3. The Labute approximate surface area is 117 Å². The highest BCUT2D eigenvalue weighted by Gasteiger charge is 2.33. The summed E-state index contributed by atoms with van der Waals surface area (Å²) in [6.07, 6.45) is 6.70. The van der Waals surface area contributed by atoms with Crippen molar-refractivity contribution >= 4 is 0 Å². The molecule has 1 aromatic rings. The van der Waals surface area contributed by atoms with Crippen LogP contribution in [0.5, 0.6) is 0 Å². The van der Waals surface area contributed by atoms with Gasteiger partial charge in [0, 0.05) is 49.5 Å². The number of nitrogens with zero attached hydrogens (tertiary/aromatic N) is 3. The van der Waals surface area contributed by atoms with Crippen molar-refractivity contribution in [3.63, 3.8) is 0 Å². The zero-order chi connectivity index (χ0) is 13.9. The predicted octanol–water partition coefficient (Wildman–Crippen LogP) is 2.26. The smallest absolute Gasteiger partial charge is 0.0534 e. The van der Waals surface area contributed by atoms with Crippen LogP contribution in [0.1, 0.15) is 46.1 Å². The van der Waals surface area contributed by atoms with E-state index < -0.39 is 0 Å². The molecule has 2 heterocycles. The van der Waals surface area contributed by atoms with Gasteiger partial charge in [0.05, 0.1) is 6.20 Å². The van der Waals surface area contributed by atoms with Gasteiger partial charge >= 0.3 is 0 Å². The van der Waals surface area contributed by atoms with Gasteiger partial charge in [-0.2, -0.15) is 5.10 Å². The Kier molecular flexibility index (Phi) is 4.63. The Morgan fingerprint density at radius 1 is 1.42 bits per heavy atom. The largest absolute Gasteiger partial charge is 0.311 e.